The van der Waals surface area contributed by atoms with Crippen LogP contribution in [0.4, 0.5) is 8.78 Å². The largest absolute Gasteiger partial charge is 0.480 e. The minimum absolute atomic E-state index is 0.109. The summed E-state index contributed by atoms with van der Waals surface area (Å²) in [6.07, 6.45) is 3.17. The van der Waals surface area contributed by atoms with E-state index in [9.17, 15) is 13.6 Å². The summed E-state index contributed by atoms with van der Waals surface area (Å²) in [5.41, 5.74) is 0.657. The summed E-state index contributed by atoms with van der Waals surface area (Å²) < 4.78 is 26.5. The van der Waals surface area contributed by atoms with Crippen LogP contribution < -0.4 is 5.32 Å². The fourth-order valence-electron chi connectivity index (χ4n) is 1.79. The molecule has 2 rings (SSSR count). The number of carboxylic acids is 1. The number of aromatic nitrogens is 1. The highest BCUT2D eigenvalue weighted by Gasteiger charge is 2.22. The first-order chi connectivity index (χ1) is 9.58. The Kier molecular flexibility index (Phi) is 4.37. The van der Waals surface area contributed by atoms with Crippen molar-refractivity contribution in [1.29, 1.82) is 0 Å². The predicted octanol–water partition coefficient (Wildman–Crippen LogP) is 2.28. The molecule has 0 spiro atoms. The summed E-state index contributed by atoms with van der Waals surface area (Å²) in [5, 5.41) is 11.9. The summed E-state index contributed by atoms with van der Waals surface area (Å²) in [6.45, 7) is 0.210. The Morgan fingerprint density at radius 3 is 2.75 bits per heavy atom. The number of nitrogens with zero attached hydrogens (tertiary/aromatic N) is 1. The van der Waals surface area contributed by atoms with E-state index < -0.39 is 23.6 Å². The Bertz CT molecular complexity index is 605. The molecule has 0 fully saturated rings. The van der Waals surface area contributed by atoms with Crippen molar-refractivity contribution < 1.29 is 18.7 Å². The van der Waals surface area contributed by atoms with Crippen LogP contribution in [-0.2, 0) is 11.3 Å². The molecule has 2 aromatic rings. The van der Waals surface area contributed by atoms with Crippen molar-refractivity contribution in [3.8, 4) is 0 Å². The maximum absolute atomic E-state index is 13.6. The second-order valence-electron chi connectivity index (χ2n) is 4.18. The van der Waals surface area contributed by atoms with Gasteiger partial charge in [0.25, 0.3) is 0 Å². The molecule has 20 heavy (non-hydrogen) atoms. The van der Waals surface area contributed by atoms with E-state index in [0.717, 1.165) is 17.7 Å². The van der Waals surface area contributed by atoms with E-state index in [-0.39, 0.29) is 12.1 Å². The number of hydrogen-bond acceptors (Lipinski definition) is 3. The highest BCUT2D eigenvalue weighted by Crippen LogP contribution is 2.19. The molecular weight excluding hydrogens is 266 g/mol. The van der Waals surface area contributed by atoms with E-state index in [1.54, 1.807) is 24.5 Å². The molecule has 0 amide bonds. The number of benzene rings is 1. The van der Waals surface area contributed by atoms with Crippen LogP contribution in [-0.4, -0.2) is 16.1 Å². The topological polar surface area (TPSA) is 62.2 Å². The van der Waals surface area contributed by atoms with Crippen LogP contribution in [0.1, 0.15) is 17.2 Å². The lowest BCUT2D eigenvalue weighted by atomic mass is 10.1. The van der Waals surface area contributed by atoms with E-state index in [1.807, 2.05) is 0 Å². The number of rotatable bonds is 5. The number of nitrogens with one attached hydrogen (secondary N) is 1. The minimum atomic E-state index is -1.25. The number of halogens is 2. The molecule has 1 aromatic carbocycles. The molecule has 0 aliphatic rings. The van der Waals surface area contributed by atoms with Gasteiger partial charge in [-0.05, 0) is 17.7 Å². The van der Waals surface area contributed by atoms with Crippen molar-refractivity contribution in [2.24, 2.45) is 0 Å². The molecule has 0 saturated carbocycles. The molecule has 4 nitrogen and oxygen atoms in total. The van der Waals surface area contributed by atoms with Gasteiger partial charge >= 0.3 is 5.97 Å². The molecule has 1 atom stereocenters. The molecule has 1 unspecified atom stereocenters. The van der Waals surface area contributed by atoms with Gasteiger partial charge in [-0.25, -0.2) is 8.78 Å². The lowest BCUT2D eigenvalue weighted by Gasteiger charge is -2.15. The molecule has 6 heteroatoms. The third-order valence-electron chi connectivity index (χ3n) is 2.75. The molecule has 0 aliphatic carbocycles. The minimum Gasteiger partial charge on any atom is -0.480 e. The number of carbonyl (C=O) groups is 1. The molecule has 0 bridgehead atoms. The Labute approximate surface area is 114 Å². The third kappa shape index (κ3) is 3.36. The maximum Gasteiger partial charge on any atom is 0.325 e. The fourth-order valence-corrected chi connectivity index (χ4v) is 1.79. The summed E-state index contributed by atoms with van der Waals surface area (Å²) in [7, 11) is 0. The Morgan fingerprint density at radius 2 is 2.15 bits per heavy atom. The molecule has 0 saturated heterocycles. The number of hydrogen-bond donors (Lipinski definition) is 2. The lowest BCUT2D eigenvalue weighted by Crippen LogP contribution is -2.29. The SMILES string of the molecule is O=C(O)C(NCc1cccnc1)c1ccc(F)cc1F. The third-order valence-corrected chi connectivity index (χ3v) is 2.75. The van der Waals surface area contributed by atoms with E-state index in [1.165, 1.54) is 0 Å². The van der Waals surface area contributed by atoms with Crippen molar-refractivity contribution in [3.63, 3.8) is 0 Å². The fraction of sp³-hybridized carbons (Fsp3) is 0.143. The second kappa shape index (κ2) is 6.21. The van der Waals surface area contributed by atoms with Crippen LogP contribution in [0.2, 0.25) is 0 Å². The smallest absolute Gasteiger partial charge is 0.325 e. The first-order valence-electron chi connectivity index (χ1n) is 5.88. The first kappa shape index (κ1) is 14.1. The molecule has 1 aromatic heterocycles. The van der Waals surface area contributed by atoms with Gasteiger partial charge in [0.15, 0.2) is 0 Å². The Morgan fingerprint density at radius 1 is 1.35 bits per heavy atom. The van der Waals surface area contributed by atoms with Crippen molar-refractivity contribution in [2.45, 2.75) is 12.6 Å². The molecule has 2 N–H and O–H groups in total. The zero-order chi connectivity index (χ0) is 14.5. The number of carboxylic acid groups (broad SMARTS) is 1. The van der Waals surface area contributed by atoms with Gasteiger partial charge in [-0.2, -0.15) is 0 Å². The van der Waals surface area contributed by atoms with Gasteiger partial charge in [0.1, 0.15) is 17.7 Å². The quantitative estimate of drug-likeness (QED) is 0.880. The van der Waals surface area contributed by atoms with Crippen LogP contribution in [0, 0.1) is 11.6 Å². The standard InChI is InChI=1S/C14H12F2N2O2/c15-10-3-4-11(12(16)6-10)13(14(19)20)18-8-9-2-1-5-17-7-9/h1-7,13,18H,8H2,(H,19,20). The van der Waals surface area contributed by atoms with E-state index in [2.05, 4.69) is 10.3 Å². The number of aliphatic carboxylic acids is 1. The van der Waals surface area contributed by atoms with Crippen LogP contribution in [0.15, 0.2) is 42.7 Å². The molecule has 1 heterocycles. The summed E-state index contributed by atoms with van der Waals surface area (Å²) in [4.78, 5) is 15.1. The Hall–Kier alpha value is -2.34. The van der Waals surface area contributed by atoms with E-state index >= 15 is 0 Å². The van der Waals surface area contributed by atoms with Crippen molar-refractivity contribution >= 4 is 5.97 Å². The van der Waals surface area contributed by atoms with Gasteiger partial charge < -0.3 is 5.11 Å². The average molecular weight is 278 g/mol. The lowest BCUT2D eigenvalue weighted by molar-refractivity contribution is -0.139. The summed E-state index contributed by atoms with van der Waals surface area (Å²) >= 11 is 0. The van der Waals surface area contributed by atoms with Crippen LogP contribution in [0.5, 0.6) is 0 Å². The van der Waals surface area contributed by atoms with Crippen molar-refractivity contribution in [1.82, 2.24) is 10.3 Å². The van der Waals surface area contributed by atoms with Gasteiger partial charge in [-0.3, -0.25) is 15.1 Å². The van der Waals surface area contributed by atoms with Crippen LogP contribution >= 0.6 is 0 Å². The molecule has 104 valence electrons. The highest BCUT2D eigenvalue weighted by atomic mass is 19.1. The van der Waals surface area contributed by atoms with E-state index in [4.69, 9.17) is 5.11 Å². The summed E-state index contributed by atoms with van der Waals surface area (Å²) in [5.74, 6) is -2.88. The van der Waals surface area contributed by atoms with Crippen LogP contribution in [0.25, 0.3) is 0 Å². The first-order valence-corrected chi connectivity index (χ1v) is 5.88. The Balaban J connectivity index is 2.17. The normalized spacial score (nSPS) is 12.1. The molecular formula is C14H12F2N2O2. The van der Waals surface area contributed by atoms with Crippen molar-refractivity contribution in [2.75, 3.05) is 0 Å². The molecule has 0 aliphatic heterocycles. The number of pyridine rings is 1. The van der Waals surface area contributed by atoms with Gasteiger partial charge in [-0.15, -0.1) is 0 Å². The van der Waals surface area contributed by atoms with Gasteiger partial charge in [-0.1, -0.05) is 12.1 Å². The predicted molar refractivity (Wildman–Crippen MR) is 67.8 cm³/mol. The van der Waals surface area contributed by atoms with Gasteiger partial charge in [0.05, 0.1) is 0 Å². The second-order valence-corrected chi connectivity index (χ2v) is 4.18. The van der Waals surface area contributed by atoms with E-state index in [0.29, 0.717) is 6.07 Å². The highest BCUT2D eigenvalue weighted by molar-refractivity contribution is 5.75. The monoisotopic (exact) mass is 278 g/mol. The average Bonchev–Trinajstić information content (AvgIpc) is 2.42. The molecule has 0 radical (unpaired) electrons. The zero-order valence-electron chi connectivity index (χ0n) is 10.4. The summed E-state index contributed by atoms with van der Waals surface area (Å²) in [6, 6.07) is 5.04. The van der Waals surface area contributed by atoms with Gasteiger partial charge in [0.2, 0.25) is 0 Å². The zero-order valence-corrected chi connectivity index (χ0v) is 10.4. The van der Waals surface area contributed by atoms with Gasteiger partial charge in [0, 0.05) is 30.6 Å². The maximum atomic E-state index is 13.6. The van der Waals surface area contributed by atoms with Crippen LogP contribution in [0.3, 0.4) is 0 Å². The van der Waals surface area contributed by atoms with Crippen molar-refractivity contribution in [3.05, 3.63) is 65.5 Å².